The van der Waals surface area contributed by atoms with E-state index in [4.69, 9.17) is 11.6 Å². The molecule has 150 valence electrons. The van der Waals surface area contributed by atoms with Gasteiger partial charge in [0.05, 0.1) is 19.1 Å². The molecule has 0 saturated heterocycles. The highest BCUT2D eigenvalue weighted by Crippen LogP contribution is 2.16. The van der Waals surface area contributed by atoms with Crippen LogP contribution in [0.1, 0.15) is 37.4 Å². The van der Waals surface area contributed by atoms with Crippen LogP contribution in [0.3, 0.4) is 0 Å². The minimum atomic E-state index is -0.131. The van der Waals surface area contributed by atoms with Gasteiger partial charge in [0.2, 0.25) is 11.8 Å². The quantitative estimate of drug-likeness (QED) is 0.662. The molecule has 0 aliphatic heterocycles. The standard InChI is InChI=1S/C22H28ClN3O2/c1-4-13-26(15-22(28)25-20-8-6-5-7-16(20)2)14-21(27)24-17(3)18-9-11-19(23)12-10-18/h5-12,17H,4,13-15H2,1-3H3,(H,24,27)(H,25,28). The third-order valence-electron chi connectivity index (χ3n) is 4.44. The number of aryl methyl sites for hydroxylation is 1. The average molecular weight is 402 g/mol. The lowest BCUT2D eigenvalue weighted by atomic mass is 10.1. The molecule has 2 N–H and O–H groups in total. The second kappa shape index (κ2) is 10.8. The van der Waals surface area contributed by atoms with E-state index in [2.05, 4.69) is 10.6 Å². The van der Waals surface area contributed by atoms with Gasteiger partial charge in [0.15, 0.2) is 0 Å². The maximum Gasteiger partial charge on any atom is 0.238 e. The summed E-state index contributed by atoms with van der Waals surface area (Å²) >= 11 is 5.91. The lowest BCUT2D eigenvalue weighted by Crippen LogP contribution is -2.42. The minimum absolute atomic E-state index is 0.111. The summed E-state index contributed by atoms with van der Waals surface area (Å²) in [5.74, 6) is -0.235. The number of carbonyl (C=O) groups is 2. The van der Waals surface area contributed by atoms with E-state index in [-0.39, 0.29) is 30.9 Å². The summed E-state index contributed by atoms with van der Waals surface area (Å²) in [5, 5.41) is 6.56. The highest BCUT2D eigenvalue weighted by atomic mass is 35.5. The Balaban J connectivity index is 1.90. The van der Waals surface area contributed by atoms with Crippen LogP contribution in [0.25, 0.3) is 0 Å². The van der Waals surface area contributed by atoms with Gasteiger partial charge in [-0.15, -0.1) is 0 Å². The zero-order valence-electron chi connectivity index (χ0n) is 16.7. The lowest BCUT2D eigenvalue weighted by Gasteiger charge is -2.22. The van der Waals surface area contributed by atoms with Crippen LogP contribution in [-0.2, 0) is 9.59 Å². The van der Waals surface area contributed by atoms with Crippen molar-refractivity contribution in [3.8, 4) is 0 Å². The number of benzene rings is 2. The summed E-state index contributed by atoms with van der Waals surface area (Å²) in [7, 11) is 0. The summed E-state index contributed by atoms with van der Waals surface area (Å²) < 4.78 is 0. The van der Waals surface area contributed by atoms with E-state index < -0.39 is 0 Å². The Morgan fingerprint density at radius 3 is 2.32 bits per heavy atom. The molecule has 2 rings (SSSR count). The summed E-state index contributed by atoms with van der Waals surface area (Å²) in [4.78, 5) is 26.7. The van der Waals surface area contributed by atoms with Crippen LogP contribution in [-0.4, -0.2) is 36.3 Å². The fourth-order valence-corrected chi connectivity index (χ4v) is 3.09. The predicted octanol–water partition coefficient (Wildman–Crippen LogP) is 4.18. The van der Waals surface area contributed by atoms with Gasteiger partial charge in [-0.2, -0.15) is 0 Å². The number of anilines is 1. The van der Waals surface area contributed by atoms with Crippen molar-refractivity contribution < 1.29 is 9.59 Å². The lowest BCUT2D eigenvalue weighted by molar-refractivity contribution is -0.124. The van der Waals surface area contributed by atoms with Gasteiger partial charge in [-0.25, -0.2) is 0 Å². The SMILES string of the molecule is CCCN(CC(=O)Nc1ccccc1C)CC(=O)NC(C)c1ccc(Cl)cc1. The molecule has 0 aromatic heterocycles. The van der Waals surface area contributed by atoms with E-state index in [0.717, 1.165) is 23.2 Å². The fourth-order valence-electron chi connectivity index (χ4n) is 2.96. The monoisotopic (exact) mass is 401 g/mol. The number of para-hydroxylation sites is 1. The van der Waals surface area contributed by atoms with E-state index in [0.29, 0.717) is 11.6 Å². The summed E-state index contributed by atoms with van der Waals surface area (Å²) in [6.45, 7) is 6.92. The molecule has 0 spiro atoms. The first-order valence-electron chi connectivity index (χ1n) is 9.51. The summed E-state index contributed by atoms with van der Waals surface area (Å²) in [5.41, 5.74) is 2.79. The number of amides is 2. The Hall–Kier alpha value is -2.37. The van der Waals surface area contributed by atoms with Crippen molar-refractivity contribution in [3.63, 3.8) is 0 Å². The molecule has 1 atom stereocenters. The number of nitrogens with one attached hydrogen (secondary N) is 2. The largest absolute Gasteiger partial charge is 0.348 e. The fraction of sp³-hybridized carbons (Fsp3) is 0.364. The van der Waals surface area contributed by atoms with Gasteiger partial charge in [-0.3, -0.25) is 14.5 Å². The summed E-state index contributed by atoms with van der Waals surface area (Å²) in [6.07, 6.45) is 0.859. The molecule has 0 heterocycles. The van der Waals surface area contributed by atoms with Crippen LogP contribution in [0.4, 0.5) is 5.69 Å². The first kappa shape index (κ1) is 21.9. The zero-order valence-corrected chi connectivity index (χ0v) is 17.4. The van der Waals surface area contributed by atoms with Crippen LogP contribution in [0, 0.1) is 6.92 Å². The normalized spacial score (nSPS) is 11.9. The van der Waals surface area contributed by atoms with Gasteiger partial charge in [-0.05, 0) is 56.1 Å². The number of rotatable bonds is 9. The van der Waals surface area contributed by atoms with Crippen LogP contribution < -0.4 is 10.6 Å². The Labute approximate surface area is 172 Å². The molecular formula is C22H28ClN3O2. The first-order chi connectivity index (χ1) is 13.4. The number of nitrogens with zero attached hydrogens (tertiary/aromatic N) is 1. The molecule has 5 nitrogen and oxygen atoms in total. The second-order valence-corrected chi connectivity index (χ2v) is 7.35. The van der Waals surface area contributed by atoms with Crippen molar-refractivity contribution in [3.05, 3.63) is 64.7 Å². The topological polar surface area (TPSA) is 61.4 Å². The van der Waals surface area contributed by atoms with Crippen molar-refractivity contribution in [2.24, 2.45) is 0 Å². The Morgan fingerprint density at radius 1 is 1.04 bits per heavy atom. The molecule has 0 aliphatic rings. The van der Waals surface area contributed by atoms with Crippen molar-refractivity contribution in [2.75, 3.05) is 25.0 Å². The highest BCUT2D eigenvalue weighted by Gasteiger charge is 2.16. The van der Waals surface area contributed by atoms with E-state index in [1.807, 2.05) is 62.1 Å². The Morgan fingerprint density at radius 2 is 1.68 bits per heavy atom. The van der Waals surface area contributed by atoms with E-state index in [9.17, 15) is 9.59 Å². The first-order valence-corrected chi connectivity index (χ1v) is 9.89. The van der Waals surface area contributed by atoms with Crippen molar-refractivity contribution in [1.29, 1.82) is 0 Å². The molecular weight excluding hydrogens is 374 g/mol. The van der Waals surface area contributed by atoms with Crippen LogP contribution in [0.5, 0.6) is 0 Å². The molecule has 2 amide bonds. The van der Waals surface area contributed by atoms with Gasteiger partial charge in [-0.1, -0.05) is 48.9 Å². The van der Waals surface area contributed by atoms with Crippen LogP contribution in [0.15, 0.2) is 48.5 Å². The molecule has 0 radical (unpaired) electrons. The van der Waals surface area contributed by atoms with E-state index in [1.54, 1.807) is 12.1 Å². The Kier molecular flexibility index (Phi) is 8.48. The van der Waals surface area contributed by atoms with Gasteiger partial charge in [0.25, 0.3) is 0 Å². The average Bonchev–Trinajstić information content (AvgIpc) is 2.64. The molecule has 28 heavy (non-hydrogen) atoms. The number of hydrogen-bond acceptors (Lipinski definition) is 3. The number of halogens is 1. The second-order valence-electron chi connectivity index (χ2n) is 6.91. The van der Waals surface area contributed by atoms with Crippen LogP contribution >= 0.6 is 11.6 Å². The molecule has 0 saturated carbocycles. The minimum Gasteiger partial charge on any atom is -0.348 e. The number of hydrogen-bond donors (Lipinski definition) is 2. The third kappa shape index (κ3) is 6.98. The van der Waals surface area contributed by atoms with Crippen molar-refractivity contribution >= 4 is 29.1 Å². The molecule has 2 aromatic rings. The van der Waals surface area contributed by atoms with Crippen molar-refractivity contribution in [2.45, 2.75) is 33.2 Å². The maximum absolute atomic E-state index is 12.5. The molecule has 6 heteroatoms. The molecule has 1 unspecified atom stereocenters. The highest BCUT2D eigenvalue weighted by molar-refractivity contribution is 6.30. The Bertz CT molecular complexity index is 793. The molecule has 0 fully saturated rings. The van der Waals surface area contributed by atoms with E-state index >= 15 is 0 Å². The third-order valence-corrected chi connectivity index (χ3v) is 4.69. The van der Waals surface area contributed by atoms with E-state index in [1.165, 1.54) is 0 Å². The van der Waals surface area contributed by atoms with Crippen LogP contribution in [0.2, 0.25) is 5.02 Å². The zero-order chi connectivity index (χ0) is 20.5. The molecule has 0 aliphatic carbocycles. The molecule has 2 aromatic carbocycles. The predicted molar refractivity (Wildman–Crippen MR) is 115 cm³/mol. The summed E-state index contributed by atoms with van der Waals surface area (Å²) in [6, 6.07) is 14.9. The smallest absolute Gasteiger partial charge is 0.238 e. The van der Waals surface area contributed by atoms with Gasteiger partial charge >= 0.3 is 0 Å². The molecule has 0 bridgehead atoms. The number of carbonyl (C=O) groups excluding carboxylic acids is 2. The van der Waals surface area contributed by atoms with Crippen molar-refractivity contribution in [1.82, 2.24) is 10.2 Å². The van der Waals surface area contributed by atoms with Gasteiger partial charge in [0.1, 0.15) is 0 Å². The maximum atomic E-state index is 12.5. The van der Waals surface area contributed by atoms with Gasteiger partial charge in [0, 0.05) is 10.7 Å². The van der Waals surface area contributed by atoms with Gasteiger partial charge < -0.3 is 10.6 Å².